The molecule has 1 aromatic carbocycles. The molecule has 0 saturated heterocycles. The van der Waals surface area contributed by atoms with Crippen molar-refractivity contribution in [3.05, 3.63) is 28.2 Å². The molecule has 0 aliphatic rings. The Bertz CT molecular complexity index is 446. The van der Waals surface area contributed by atoms with Gasteiger partial charge >= 0.3 is 0 Å². The van der Waals surface area contributed by atoms with Gasteiger partial charge < -0.3 is 0 Å². The van der Waals surface area contributed by atoms with Crippen LogP contribution < -0.4 is 0 Å². The summed E-state index contributed by atoms with van der Waals surface area (Å²) in [6, 6.07) is 1.32. The van der Waals surface area contributed by atoms with Gasteiger partial charge in [-0.25, -0.2) is 17.2 Å². The highest BCUT2D eigenvalue weighted by atomic mass is 79.9. The normalized spacial score (nSPS) is 11.7. The second-order valence-electron chi connectivity index (χ2n) is 2.14. The Morgan fingerprint density at radius 3 is 2.31 bits per heavy atom. The molecular weight excluding hydrogens is 289 g/mol. The quantitative estimate of drug-likeness (QED) is 0.589. The summed E-state index contributed by atoms with van der Waals surface area (Å²) < 4.78 is 46.7. The minimum atomic E-state index is -4.25. The Morgan fingerprint density at radius 1 is 1.31 bits per heavy atom. The van der Waals surface area contributed by atoms with Crippen molar-refractivity contribution in [3.63, 3.8) is 0 Å². The smallest absolute Gasteiger partial charge is 0.207 e. The first kappa shape index (κ1) is 10.9. The van der Waals surface area contributed by atoms with Crippen molar-refractivity contribution >= 4 is 35.7 Å². The lowest BCUT2D eigenvalue weighted by Gasteiger charge is -2.00. The predicted octanol–water partition coefficient (Wildman–Crippen LogP) is 2.65. The van der Waals surface area contributed by atoms with Crippen LogP contribution in [0.1, 0.15) is 0 Å². The van der Waals surface area contributed by atoms with Crippen molar-refractivity contribution in [3.8, 4) is 0 Å². The first-order valence-corrected chi connectivity index (χ1v) is 6.02. The maximum absolute atomic E-state index is 13.0. The summed E-state index contributed by atoms with van der Waals surface area (Å²) in [6.07, 6.45) is 0. The minimum Gasteiger partial charge on any atom is -0.207 e. The fraction of sp³-hybridized carbons (Fsp3) is 0. The fourth-order valence-electron chi connectivity index (χ4n) is 0.710. The van der Waals surface area contributed by atoms with Crippen molar-refractivity contribution in [2.75, 3.05) is 0 Å². The maximum Gasteiger partial charge on any atom is 0.264 e. The summed E-state index contributed by atoms with van der Waals surface area (Å²) in [5.74, 6) is -1.98. The molecule has 0 N–H and O–H groups in total. The molecule has 0 aliphatic carbocycles. The summed E-state index contributed by atoms with van der Waals surface area (Å²) in [6.45, 7) is 0. The number of hydrogen-bond donors (Lipinski definition) is 0. The molecule has 0 fully saturated rings. The Morgan fingerprint density at radius 2 is 1.85 bits per heavy atom. The molecular formula is C6H2BrClF2O2S. The molecule has 7 heteroatoms. The van der Waals surface area contributed by atoms with E-state index in [-0.39, 0.29) is 4.47 Å². The zero-order valence-electron chi connectivity index (χ0n) is 5.89. The highest BCUT2D eigenvalue weighted by Crippen LogP contribution is 2.26. The van der Waals surface area contributed by atoms with E-state index in [0.29, 0.717) is 6.07 Å². The third kappa shape index (κ3) is 2.38. The number of hydrogen-bond acceptors (Lipinski definition) is 2. The molecule has 0 aromatic heterocycles. The van der Waals surface area contributed by atoms with Crippen LogP contribution >= 0.6 is 26.6 Å². The standard InChI is InChI=1S/C6H2BrClF2O2S/c7-4-1-3(9)2-5(6(4)10)13(8,11)12/h1-2H. The van der Waals surface area contributed by atoms with Gasteiger partial charge in [-0.15, -0.1) is 0 Å². The van der Waals surface area contributed by atoms with Gasteiger partial charge in [0.1, 0.15) is 10.7 Å². The van der Waals surface area contributed by atoms with Crippen LogP contribution in [0.4, 0.5) is 8.78 Å². The van der Waals surface area contributed by atoms with Gasteiger partial charge in [-0.1, -0.05) is 0 Å². The SMILES string of the molecule is O=S(=O)(Cl)c1cc(F)cc(Br)c1F. The van der Waals surface area contributed by atoms with E-state index in [1.165, 1.54) is 0 Å². The third-order valence-electron chi connectivity index (χ3n) is 1.22. The predicted molar refractivity (Wildman–Crippen MR) is 47.1 cm³/mol. The summed E-state index contributed by atoms with van der Waals surface area (Å²) in [7, 11) is 0.601. The zero-order valence-corrected chi connectivity index (χ0v) is 9.05. The molecule has 2 nitrogen and oxygen atoms in total. The maximum atomic E-state index is 13.0. The molecule has 0 spiro atoms. The van der Waals surface area contributed by atoms with Gasteiger partial charge in [0.15, 0.2) is 5.82 Å². The second-order valence-corrected chi connectivity index (χ2v) is 5.53. The fourth-order valence-corrected chi connectivity index (χ4v) is 2.19. The number of rotatable bonds is 1. The molecule has 0 aliphatic heterocycles. The molecule has 72 valence electrons. The molecule has 0 radical (unpaired) electrons. The zero-order chi connectivity index (χ0) is 10.2. The second kappa shape index (κ2) is 3.51. The van der Waals surface area contributed by atoms with Crippen LogP contribution in [-0.2, 0) is 9.05 Å². The Hall–Kier alpha value is -0.200. The van der Waals surface area contributed by atoms with Crippen LogP contribution in [0.2, 0.25) is 0 Å². The highest BCUT2D eigenvalue weighted by Gasteiger charge is 2.19. The van der Waals surface area contributed by atoms with E-state index in [4.69, 9.17) is 10.7 Å². The van der Waals surface area contributed by atoms with E-state index in [0.717, 1.165) is 6.07 Å². The van der Waals surface area contributed by atoms with Gasteiger partial charge in [-0.2, -0.15) is 0 Å². The molecule has 0 saturated carbocycles. The molecule has 0 heterocycles. The molecule has 0 atom stereocenters. The molecule has 0 amide bonds. The van der Waals surface area contributed by atoms with E-state index in [1.54, 1.807) is 0 Å². The van der Waals surface area contributed by atoms with Crippen LogP contribution in [0.5, 0.6) is 0 Å². The minimum absolute atomic E-state index is 0.285. The number of benzene rings is 1. The van der Waals surface area contributed by atoms with E-state index < -0.39 is 25.6 Å². The van der Waals surface area contributed by atoms with Crippen LogP contribution in [0.25, 0.3) is 0 Å². The van der Waals surface area contributed by atoms with Gasteiger partial charge in [0.05, 0.1) is 4.47 Å². The van der Waals surface area contributed by atoms with Gasteiger partial charge in [-0.05, 0) is 28.1 Å². The third-order valence-corrected chi connectivity index (χ3v) is 3.12. The van der Waals surface area contributed by atoms with E-state index in [2.05, 4.69) is 15.9 Å². The van der Waals surface area contributed by atoms with E-state index in [9.17, 15) is 17.2 Å². The molecule has 13 heavy (non-hydrogen) atoms. The van der Waals surface area contributed by atoms with E-state index >= 15 is 0 Å². The van der Waals surface area contributed by atoms with Crippen molar-refractivity contribution in [2.45, 2.75) is 4.90 Å². The topological polar surface area (TPSA) is 34.1 Å². The van der Waals surface area contributed by atoms with Crippen molar-refractivity contribution in [1.29, 1.82) is 0 Å². The van der Waals surface area contributed by atoms with Gasteiger partial charge in [-0.3, -0.25) is 0 Å². The molecule has 1 aromatic rings. The Labute approximate surface area is 86.1 Å². The molecule has 1 rings (SSSR count). The average molecular weight is 292 g/mol. The first-order chi connectivity index (χ1) is 5.82. The van der Waals surface area contributed by atoms with Gasteiger partial charge in [0.2, 0.25) is 0 Å². The lowest BCUT2D eigenvalue weighted by atomic mass is 10.3. The van der Waals surface area contributed by atoms with Gasteiger partial charge in [0, 0.05) is 10.7 Å². The summed E-state index contributed by atoms with van der Waals surface area (Å²) >= 11 is 2.65. The Balaban J connectivity index is 3.56. The first-order valence-electron chi connectivity index (χ1n) is 2.91. The van der Waals surface area contributed by atoms with Crippen molar-refractivity contribution < 1.29 is 17.2 Å². The van der Waals surface area contributed by atoms with E-state index in [1.807, 2.05) is 0 Å². The van der Waals surface area contributed by atoms with Crippen LogP contribution in [-0.4, -0.2) is 8.42 Å². The molecule has 0 unspecified atom stereocenters. The van der Waals surface area contributed by atoms with Crippen molar-refractivity contribution in [2.24, 2.45) is 0 Å². The van der Waals surface area contributed by atoms with Crippen LogP contribution in [0.15, 0.2) is 21.5 Å². The molecule has 0 bridgehead atoms. The summed E-state index contributed by atoms with van der Waals surface area (Å²) in [5, 5.41) is 0. The van der Waals surface area contributed by atoms with Crippen LogP contribution in [0.3, 0.4) is 0 Å². The van der Waals surface area contributed by atoms with Gasteiger partial charge in [0.25, 0.3) is 9.05 Å². The largest absolute Gasteiger partial charge is 0.264 e. The summed E-state index contributed by atoms with van der Waals surface area (Å²) in [5.41, 5.74) is 0. The van der Waals surface area contributed by atoms with Crippen molar-refractivity contribution in [1.82, 2.24) is 0 Å². The Kier molecular flexibility index (Phi) is 2.94. The monoisotopic (exact) mass is 290 g/mol. The van der Waals surface area contributed by atoms with Crippen LogP contribution in [0, 0.1) is 11.6 Å². The average Bonchev–Trinajstić information content (AvgIpc) is 1.94. The number of halogens is 4. The lowest BCUT2D eigenvalue weighted by molar-refractivity contribution is 0.554. The summed E-state index contributed by atoms with van der Waals surface area (Å²) in [4.78, 5) is -0.874. The highest BCUT2D eigenvalue weighted by molar-refractivity contribution is 9.10. The lowest BCUT2D eigenvalue weighted by Crippen LogP contribution is -1.97.